The molecule has 1 aliphatic heterocycles. The predicted octanol–water partition coefficient (Wildman–Crippen LogP) is 6.14. The van der Waals surface area contributed by atoms with E-state index in [0.29, 0.717) is 0 Å². The molecule has 0 fully saturated rings. The molecule has 4 aromatic carbocycles. The molecule has 2 unspecified atom stereocenters. The minimum absolute atomic E-state index is 0.0138. The van der Waals surface area contributed by atoms with E-state index in [1.54, 1.807) is 0 Å². The molecule has 25 heavy (non-hydrogen) atoms. The van der Waals surface area contributed by atoms with Gasteiger partial charge in [0, 0.05) is 5.39 Å². The van der Waals surface area contributed by atoms with E-state index in [9.17, 15) is 0 Å². The summed E-state index contributed by atoms with van der Waals surface area (Å²) in [6.07, 6.45) is 0. The highest BCUT2D eigenvalue weighted by Gasteiger charge is 2.28. The number of hydrogen-bond acceptors (Lipinski definition) is 2. The van der Waals surface area contributed by atoms with Crippen LogP contribution in [0.25, 0.3) is 21.5 Å². The maximum absolute atomic E-state index is 6.72. The SMILES string of the molecule is ClC1Nc2c(ccc3ccccc23)NC1c1ccc2ccccc2c1. The number of fused-ring (bicyclic) bond motifs is 4. The van der Waals surface area contributed by atoms with Crippen molar-refractivity contribution in [3.63, 3.8) is 0 Å². The van der Waals surface area contributed by atoms with Crippen molar-refractivity contribution in [1.82, 2.24) is 0 Å². The lowest BCUT2D eigenvalue weighted by atomic mass is 9.98. The van der Waals surface area contributed by atoms with Crippen LogP contribution in [0.15, 0.2) is 78.9 Å². The molecule has 4 aromatic rings. The van der Waals surface area contributed by atoms with Crippen molar-refractivity contribution in [3.8, 4) is 0 Å². The lowest BCUT2D eigenvalue weighted by molar-refractivity contribution is 0.754. The molecule has 0 saturated carbocycles. The van der Waals surface area contributed by atoms with Crippen molar-refractivity contribution in [2.75, 3.05) is 10.6 Å². The predicted molar refractivity (Wildman–Crippen MR) is 108 cm³/mol. The third-order valence-electron chi connectivity index (χ3n) is 4.95. The molecule has 0 aromatic heterocycles. The summed E-state index contributed by atoms with van der Waals surface area (Å²) in [5.41, 5.74) is 3.13. The van der Waals surface area contributed by atoms with Crippen LogP contribution in [0.2, 0.25) is 0 Å². The number of hydrogen-bond donors (Lipinski definition) is 2. The van der Waals surface area contributed by atoms with Crippen LogP contribution in [0, 0.1) is 0 Å². The van der Waals surface area contributed by atoms with E-state index in [4.69, 9.17) is 11.6 Å². The van der Waals surface area contributed by atoms with Crippen molar-refractivity contribution in [1.29, 1.82) is 0 Å². The quantitative estimate of drug-likeness (QED) is 0.320. The average molecular weight is 345 g/mol. The Hall–Kier alpha value is -2.71. The Balaban J connectivity index is 1.59. The van der Waals surface area contributed by atoms with Crippen molar-refractivity contribution < 1.29 is 0 Å². The zero-order valence-electron chi connectivity index (χ0n) is 13.5. The van der Waals surface area contributed by atoms with Gasteiger partial charge in [-0.05, 0) is 33.9 Å². The number of nitrogens with one attached hydrogen (secondary N) is 2. The molecule has 0 saturated heterocycles. The Bertz CT molecular complexity index is 1090. The van der Waals surface area contributed by atoms with Gasteiger partial charge in [0.1, 0.15) is 5.50 Å². The van der Waals surface area contributed by atoms with Gasteiger partial charge in [0.05, 0.1) is 17.4 Å². The van der Waals surface area contributed by atoms with Crippen molar-refractivity contribution >= 4 is 44.5 Å². The molecule has 3 heteroatoms. The van der Waals surface area contributed by atoms with Crippen LogP contribution < -0.4 is 10.6 Å². The Labute approximate surface area is 151 Å². The summed E-state index contributed by atoms with van der Waals surface area (Å²) in [4.78, 5) is 0. The van der Waals surface area contributed by atoms with Crippen molar-refractivity contribution in [3.05, 3.63) is 84.4 Å². The van der Waals surface area contributed by atoms with Crippen LogP contribution in [0.1, 0.15) is 11.6 Å². The van der Waals surface area contributed by atoms with Gasteiger partial charge in [-0.1, -0.05) is 78.3 Å². The molecule has 2 nitrogen and oxygen atoms in total. The van der Waals surface area contributed by atoms with E-state index in [-0.39, 0.29) is 11.5 Å². The summed E-state index contributed by atoms with van der Waals surface area (Å²) in [5, 5.41) is 12.0. The summed E-state index contributed by atoms with van der Waals surface area (Å²) in [5.74, 6) is 0. The molecule has 122 valence electrons. The highest BCUT2D eigenvalue weighted by molar-refractivity contribution is 6.23. The van der Waals surface area contributed by atoms with Crippen LogP contribution in [-0.4, -0.2) is 5.50 Å². The number of alkyl halides is 1. The molecule has 2 N–H and O–H groups in total. The van der Waals surface area contributed by atoms with Gasteiger partial charge in [-0.2, -0.15) is 0 Å². The first-order valence-corrected chi connectivity index (χ1v) is 8.91. The molecular weight excluding hydrogens is 328 g/mol. The van der Waals surface area contributed by atoms with E-state index in [2.05, 4.69) is 89.5 Å². The first-order chi connectivity index (χ1) is 12.3. The summed E-state index contributed by atoms with van der Waals surface area (Å²) >= 11 is 6.72. The average Bonchev–Trinajstić information content (AvgIpc) is 2.67. The highest BCUT2D eigenvalue weighted by atomic mass is 35.5. The zero-order valence-corrected chi connectivity index (χ0v) is 14.3. The van der Waals surface area contributed by atoms with E-state index in [1.807, 2.05) is 0 Å². The monoisotopic (exact) mass is 344 g/mol. The molecule has 0 amide bonds. The number of anilines is 2. The molecule has 5 rings (SSSR count). The van der Waals surface area contributed by atoms with Gasteiger partial charge in [-0.15, -0.1) is 0 Å². The summed E-state index contributed by atoms with van der Waals surface area (Å²) in [7, 11) is 0. The van der Waals surface area contributed by atoms with E-state index >= 15 is 0 Å². The fourth-order valence-electron chi connectivity index (χ4n) is 3.66. The van der Waals surface area contributed by atoms with Crippen LogP contribution in [0.5, 0.6) is 0 Å². The second kappa shape index (κ2) is 5.68. The van der Waals surface area contributed by atoms with Gasteiger partial charge in [-0.25, -0.2) is 0 Å². The molecular formula is C22H17ClN2. The lowest BCUT2D eigenvalue weighted by Crippen LogP contribution is -2.32. The normalized spacial score (nSPS) is 19.2. The van der Waals surface area contributed by atoms with E-state index < -0.39 is 0 Å². The molecule has 0 bridgehead atoms. The van der Waals surface area contributed by atoms with E-state index in [1.165, 1.54) is 27.1 Å². The topological polar surface area (TPSA) is 24.1 Å². The smallest absolute Gasteiger partial charge is 0.126 e. The third kappa shape index (κ3) is 2.41. The van der Waals surface area contributed by atoms with Crippen LogP contribution in [0.3, 0.4) is 0 Å². The summed E-state index contributed by atoms with van der Waals surface area (Å²) in [6.45, 7) is 0. The number of benzene rings is 4. The second-order valence-electron chi connectivity index (χ2n) is 6.48. The standard InChI is InChI=1S/C22H17ClN2/c23-22-20(17-10-9-14-5-1-2-7-16(14)13-17)24-19-12-11-15-6-3-4-8-18(15)21(19)25-22/h1-13,20,22,24-25H. The second-order valence-corrected chi connectivity index (χ2v) is 6.95. The summed E-state index contributed by atoms with van der Waals surface area (Å²) in [6, 6.07) is 27.6. The third-order valence-corrected chi connectivity index (χ3v) is 5.31. The maximum Gasteiger partial charge on any atom is 0.126 e. The Kier molecular flexibility index (Phi) is 3.32. The van der Waals surface area contributed by atoms with Gasteiger partial charge in [0.15, 0.2) is 0 Å². The van der Waals surface area contributed by atoms with E-state index in [0.717, 1.165) is 11.4 Å². The Morgan fingerprint density at radius 2 is 1.40 bits per heavy atom. The minimum atomic E-state index is -0.223. The lowest BCUT2D eigenvalue weighted by Gasteiger charge is -2.34. The Morgan fingerprint density at radius 3 is 2.28 bits per heavy atom. The fourth-order valence-corrected chi connectivity index (χ4v) is 3.98. The first kappa shape index (κ1) is 14.6. The minimum Gasteiger partial charge on any atom is -0.373 e. The fraction of sp³-hybridized carbons (Fsp3) is 0.0909. The van der Waals surface area contributed by atoms with Gasteiger partial charge in [0.2, 0.25) is 0 Å². The van der Waals surface area contributed by atoms with Crippen molar-refractivity contribution in [2.24, 2.45) is 0 Å². The molecule has 2 atom stereocenters. The van der Waals surface area contributed by atoms with Gasteiger partial charge in [0.25, 0.3) is 0 Å². The number of halogens is 1. The molecule has 0 spiro atoms. The molecule has 0 radical (unpaired) electrons. The molecule has 0 aliphatic carbocycles. The van der Waals surface area contributed by atoms with Gasteiger partial charge >= 0.3 is 0 Å². The maximum atomic E-state index is 6.72. The van der Waals surface area contributed by atoms with Crippen molar-refractivity contribution in [2.45, 2.75) is 11.5 Å². The number of rotatable bonds is 1. The van der Waals surface area contributed by atoms with Crippen LogP contribution >= 0.6 is 11.6 Å². The van der Waals surface area contributed by atoms with Crippen LogP contribution in [0.4, 0.5) is 11.4 Å². The summed E-state index contributed by atoms with van der Waals surface area (Å²) < 4.78 is 0. The Morgan fingerprint density at radius 1 is 0.680 bits per heavy atom. The molecule has 1 aliphatic rings. The largest absolute Gasteiger partial charge is 0.373 e. The van der Waals surface area contributed by atoms with Gasteiger partial charge in [-0.3, -0.25) is 0 Å². The molecule has 1 heterocycles. The highest BCUT2D eigenvalue weighted by Crippen LogP contribution is 2.41. The van der Waals surface area contributed by atoms with Gasteiger partial charge < -0.3 is 10.6 Å². The first-order valence-electron chi connectivity index (χ1n) is 8.47. The zero-order chi connectivity index (χ0) is 16.8. The van der Waals surface area contributed by atoms with Crippen LogP contribution in [-0.2, 0) is 0 Å².